The third-order valence-corrected chi connectivity index (χ3v) is 5.44. The van der Waals surface area contributed by atoms with Gasteiger partial charge in [-0.25, -0.2) is 0 Å². The second-order valence-electron chi connectivity index (χ2n) is 7.07. The Morgan fingerprint density at radius 2 is 1.45 bits per heavy atom. The van der Waals surface area contributed by atoms with Gasteiger partial charge < -0.3 is 24.7 Å². The Bertz CT molecular complexity index is 895. The van der Waals surface area contributed by atoms with Crippen molar-refractivity contribution in [1.82, 2.24) is 9.80 Å². The summed E-state index contributed by atoms with van der Waals surface area (Å²) in [6.07, 6.45) is 0. The summed E-state index contributed by atoms with van der Waals surface area (Å²) >= 11 is 6.14. The van der Waals surface area contributed by atoms with E-state index in [-0.39, 0.29) is 35.5 Å². The predicted octanol–water partition coefficient (Wildman–Crippen LogP) is 2.73. The molecule has 2 N–H and O–H groups in total. The van der Waals surface area contributed by atoms with Crippen LogP contribution in [-0.2, 0) is 4.79 Å². The lowest BCUT2D eigenvalue weighted by molar-refractivity contribution is -0.134. The molecule has 0 spiro atoms. The molecule has 8 heteroatoms. The van der Waals surface area contributed by atoms with Gasteiger partial charge in [0.2, 0.25) is 0 Å². The van der Waals surface area contributed by atoms with E-state index in [0.29, 0.717) is 37.0 Å². The standard InChI is InChI=1S/C21H23ClN2O5/c1-13-7-18(8-14(2)20(13)22)29-12-19(27)23-3-5-24(6-4-23)21(28)15-9-16(25)11-17(26)10-15/h7-11,25-26H,3-6,12H2,1-2H3. The molecule has 0 aliphatic carbocycles. The molecular formula is C21H23ClN2O5. The molecule has 1 heterocycles. The summed E-state index contributed by atoms with van der Waals surface area (Å²) in [5, 5.41) is 19.8. The van der Waals surface area contributed by atoms with Gasteiger partial charge in [0, 0.05) is 42.8 Å². The van der Waals surface area contributed by atoms with Crippen LogP contribution in [0.3, 0.4) is 0 Å². The number of hydrogen-bond acceptors (Lipinski definition) is 5. The number of rotatable bonds is 4. The first-order valence-corrected chi connectivity index (χ1v) is 9.62. The lowest BCUT2D eigenvalue weighted by atomic mass is 10.1. The van der Waals surface area contributed by atoms with Crippen LogP contribution >= 0.6 is 11.6 Å². The minimum atomic E-state index is -0.299. The largest absolute Gasteiger partial charge is 0.508 e. The van der Waals surface area contributed by atoms with E-state index in [0.717, 1.165) is 17.2 Å². The number of piperazine rings is 1. The van der Waals surface area contributed by atoms with E-state index in [1.54, 1.807) is 21.9 Å². The summed E-state index contributed by atoms with van der Waals surface area (Å²) < 4.78 is 5.62. The number of aryl methyl sites for hydroxylation is 2. The highest BCUT2D eigenvalue weighted by Gasteiger charge is 2.25. The van der Waals surface area contributed by atoms with Crippen LogP contribution in [0.25, 0.3) is 0 Å². The molecule has 0 bridgehead atoms. The third-order valence-electron chi connectivity index (χ3n) is 4.84. The molecule has 154 valence electrons. The number of phenols is 2. The number of amides is 2. The van der Waals surface area contributed by atoms with Gasteiger partial charge in [0.1, 0.15) is 17.2 Å². The molecule has 29 heavy (non-hydrogen) atoms. The van der Waals surface area contributed by atoms with Gasteiger partial charge in [0.25, 0.3) is 11.8 Å². The fourth-order valence-electron chi connectivity index (χ4n) is 3.29. The topological polar surface area (TPSA) is 90.3 Å². The molecule has 0 aromatic heterocycles. The van der Waals surface area contributed by atoms with Crippen LogP contribution in [-0.4, -0.2) is 64.6 Å². The lowest BCUT2D eigenvalue weighted by Crippen LogP contribution is -2.51. The maximum Gasteiger partial charge on any atom is 0.260 e. The Kier molecular flexibility index (Phi) is 6.17. The first-order valence-electron chi connectivity index (χ1n) is 9.24. The van der Waals surface area contributed by atoms with Crippen molar-refractivity contribution in [2.45, 2.75) is 13.8 Å². The minimum absolute atomic E-state index is 0.0884. The van der Waals surface area contributed by atoms with Gasteiger partial charge in [-0.3, -0.25) is 9.59 Å². The number of aromatic hydroxyl groups is 2. The van der Waals surface area contributed by atoms with Crippen LogP contribution in [0.15, 0.2) is 30.3 Å². The molecule has 0 atom stereocenters. The molecule has 1 fully saturated rings. The molecular weight excluding hydrogens is 396 g/mol. The number of benzene rings is 2. The van der Waals surface area contributed by atoms with E-state index in [2.05, 4.69) is 0 Å². The van der Waals surface area contributed by atoms with Crippen LogP contribution in [0.4, 0.5) is 0 Å². The van der Waals surface area contributed by atoms with Gasteiger partial charge in [-0.1, -0.05) is 11.6 Å². The Morgan fingerprint density at radius 1 is 0.931 bits per heavy atom. The van der Waals surface area contributed by atoms with Gasteiger partial charge in [-0.05, 0) is 49.2 Å². The second-order valence-corrected chi connectivity index (χ2v) is 7.45. The van der Waals surface area contributed by atoms with Crippen molar-refractivity contribution >= 4 is 23.4 Å². The van der Waals surface area contributed by atoms with Crippen LogP contribution in [0.2, 0.25) is 5.02 Å². The molecule has 1 aliphatic heterocycles. The number of hydrogen-bond donors (Lipinski definition) is 2. The highest BCUT2D eigenvalue weighted by molar-refractivity contribution is 6.32. The molecule has 0 radical (unpaired) electrons. The smallest absolute Gasteiger partial charge is 0.260 e. The quantitative estimate of drug-likeness (QED) is 0.796. The third kappa shape index (κ3) is 4.92. The van der Waals surface area contributed by atoms with Crippen molar-refractivity contribution < 1.29 is 24.5 Å². The minimum Gasteiger partial charge on any atom is -0.508 e. The lowest BCUT2D eigenvalue weighted by Gasteiger charge is -2.34. The molecule has 1 saturated heterocycles. The second kappa shape index (κ2) is 8.61. The van der Waals surface area contributed by atoms with Crippen molar-refractivity contribution in [3.05, 3.63) is 52.0 Å². The van der Waals surface area contributed by atoms with Crippen molar-refractivity contribution in [2.24, 2.45) is 0 Å². The summed E-state index contributed by atoms with van der Waals surface area (Å²) in [7, 11) is 0. The van der Waals surface area contributed by atoms with Gasteiger partial charge in [-0.2, -0.15) is 0 Å². The Labute approximate surface area is 174 Å². The number of carbonyl (C=O) groups is 2. The molecule has 1 aliphatic rings. The van der Waals surface area contributed by atoms with E-state index in [1.165, 1.54) is 12.1 Å². The molecule has 2 aromatic carbocycles. The number of carbonyl (C=O) groups excluding carboxylic acids is 2. The van der Waals surface area contributed by atoms with E-state index in [4.69, 9.17) is 16.3 Å². The number of halogens is 1. The first kappa shape index (κ1) is 20.8. The van der Waals surface area contributed by atoms with E-state index < -0.39 is 0 Å². The average Bonchev–Trinajstić information content (AvgIpc) is 2.69. The SMILES string of the molecule is Cc1cc(OCC(=O)N2CCN(C(=O)c3cc(O)cc(O)c3)CC2)cc(C)c1Cl. The summed E-state index contributed by atoms with van der Waals surface area (Å²) in [4.78, 5) is 28.2. The summed E-state index contributed by atoms with van der Waals surface area (Å²) in [6, 6.07) is 7.37. The van der Waals surface area contributed by atoms with Gasteiger partial charge in [0.15, 0.2) is 6.61 Å². The maximum absolute atomic E-state index is 12.5. The molecule has 3 rings (SSSR count). The number of ether oxygens (including phenoxy) is 1. The van der Waals surface area contributed by atoms with Crippen LogP contribution in [0.1, 0.15) is 21.5 Å². The Balaban J connectivity index is 1.53. The van der Waals surface area contributed by atoms with Crippen molar-refractivity contribution in [2.75, 3.05) is 32.8 Å². The first-order chi connectivity index (χ1) is 13.7. The monoisotopic (exact) mass is 418 g/mol. The molecule has 7 nitrogen and oxygen atoms in total. The normalized spacial score (nSPS) is 14.0. The number of nitrogens with zero attached hydrogens (tertiary/aromatic N) is 2. The Morgan fingerprint density at radius 3 is 2.00 bits per heavy atom. The van der Waals surface area contributed by atoms with Crippen LogP contribution in [0, 0.1) is 13.8 Å². The highest BCUT2D eigenvalue weighted by Crippen LogP contribution is 2.26. The van der Waals surface area contributed by atoms with E-state index >= 15 is 0 Å². The van der Waals surface area contributed by atoms with Gasteiger partial charge in [-0.15, -0.1) is 0 Å². The van der Waals surface area contributed by atoms with Crippen molar-refractivity contribution in [3.63, 3.8) is 0 Å². The van der Waals surface area contributed by atoms with Crippen molar-refractivity contribution in [1.29, 1.82) is 0 Å². The molecule has 0 saturated carbocycles. The van der Waals surface area contributed by atoms with Crippen LogP contribution < -0.4 is 4.74 Å². The predicted molar refractivity (Wildman–Crippen MR) is 109 cm³/mol. The zero-order chi connectivity index (χ0) is 21.1. The zero-order valence-corrected chi connectivity index (χ0v) is 17.1. The van der Waals surface area contributed by atoms with Crippen LogP contribution in [0.5, 0.6) is 17.2 Å². The fourth-order valence-corrected chi connectivity index (χ4v) is 3.40. The van der Waals surface area contributed by atoms with E-state index in [9.17, 15) is 19.8 Å². The summed E-state index contributed by atoms with van der Waals surface area (Å²) in [5.74, 6) is -0.210. The number of phenolic OH excluding ortho intramolecular Hbond substituents is 2. The van der Waals surface area contributed by atoms with Gasteiger partial charge in [0.05, 0.1) is 0 Å². The maximum atomic E-state index is 12.5. The molecule has 0 unspecified atom stereocenters. The fraction of sp³-hybridized carbons (Fsp3) is 0.333. The Hall–Kier alpha value is -2.93. The highest BCUT2D eigenvalue weighted by atomic mass is 35.5. The molecule has 2 aromatic rings. The van der Waals surface area contributed by atoms with Gasteiger partial charge >= 0.3 is 0 Å². The average molecular weight is 419 g/mol. The summed E-state index contributed by atoms with van der Waals surface area (Å²) in [6.45, 7) is 5.17. The van der Waals surface area contributed by atoms with E-state index in [1.807, 2.05) is 13.8 Å². The van der Waals surface area contributed by atoms with Crippen molar-refractivity contribution in [3.8, 4) is 17.2 Å². The molecule has 2 amide bonds. The zero-order valence-electron chi connectivity index (χ0n) is 16.3. The summed E-state index contributed by atoms with van der Waals surface area (Å²) in [5.41, 5.74) is 1.98.